The number of carbonyl (C=O) groups excluding carboxylic acids is 1. The van der Waals surface area contributed by atoms with E-state index in [2.05, 4.69) is 17.1 Å². The van der Waals surface area contributed by atoms with E-state index < -0.39 is 5.54 Å². The van der Waals surface area contributed by atoms with Gasteiger partial charge in [0.25, 0.3) is 0 Å². The zero-order chi connectivity index (χ0) is 12.9. The van der Waals surface area contributed by atoms with E-state index in [1.165, 1.54) is 26.4 Å². The average Bonchev–Trinajstić information content (AvgIpc) is 2.37. The highest BCUT2D eigenvalue weighted by molar-refractivity contribution is 5.80. The van der Waals surface area contributed by atoms with Gasteiger partial charge in [0.15, 0.2) is 0 Å². The molecule has 0 aliphatic carbocycles. The smallest absolute Gasteiger partial charge is 0.327 e. The minimum atomic E-state index is -0.593. The molecule has 0 aromatic carbocycles. The molecule has 100 valence electrons. The summed E-state index contributed by atoms with van der Waals surface area (Å²) in [6.45, 7) is 7.07. The quantitative estimate of drug-likeness (QED) is 0.737. The molecular weight excluding hydrogens is 216 g/mol. The van der Waals surface area contributed by atoms with E-state index in [1.54, 1.807) is 0 Å². The zero-order valence-electron chi connectivity index (χ0n) is 11.6. The predicted octanol–water partition coefficient (Wildman–Crippen LogP) is 1.26. The summed E-state index contributed by atoms with van der Waals surface area (Å²) in [7, 11) is 3.27. The van der Waals surface area contributed by atoms with Gasteiger partial charge in [-0.05, 0) is 39.3 Å². The van der Waals surface area contributed by atoms with Gasteiger partial charge in [0.2, 0.25) is 0 Å². The molecule has 2 unspecified atom stereocenters. The van der Waals surface area contributed by atoms with Crippen LogP contribution in [0.25, 0.3) is 0 Å². The van der Waals surface area contributed by atoms with Gasteiger partial charge in [-0.25, -0.2) is 0 Å². The first kappa shape index (κ1) is 14.5. The third-order valence-electron chi connectivity index (χ3n) is 3.91. The molecule has 2 atom stereocenters. The van der Waals surface area contributed by atoms with E-state index in [4.69, 9.17) is 4.74 Å². The highest BCUT2D eigenvalue weighted by Crippen LogP contribution is 2.21. The number of nitrogens with zero attached hydrogens (tertiary/aromatic N) is 1. The summed E-state index contributed by atoms with van der Waals surface area (Å²) in [6.07, 6.45) is 3.78. The van der Waals surface area contributed by atoms with Crippen LogP contribution >= 0.6 is 0 Å². The van der Waals surface area contributed by atoms with E-state index in [1.807, 2.05) is 14.0 Å². The lowest BCUT2D eigenvalue weighted by Crippen LogP contribution is -2.57. The van der Waals surface area contributed by atoms with Crippen LogP contribution < -0.4 is 5.32 Å². The molecule has 0 aromatic rings. The maximum Gasteiger partial charge on any atom is 0.327 e. The van der Waals surface area contributed by atoms with E-state index >= 15 is 0 Å². The molecule has 1 heterocycles. The number of likely N-dealkylation sites (tertiary alicyclic amines) is 1. The van der Waals surface area contributed by atoms with Gasteiger partial charge in [-0.2, -0.15) is 0 Å². The van der Waals surface area contributed by atoms with E-state index in [0.717, 1.165) is 25.6 Å². The van der Waals surface area contributed by atoms with Crippen LogP contribution in [0.5, 0.6) is 0 Å². The lowest BCUT2D eigenvalue weighted by molar-refractivity contribution is -0.148. The number of esters is 1. The summed E-state index contributed by atoms with van der Waals surface area (Å²) in [5.41, 5.74) is -0.593. The Hall–Kier alpha value is -0.610. The van der Waals surface area contributed by atoms with Gasteiger partial charge in [-0.1, -0.05) is 13.3 Å². The lowest BCUT2D eigenvalue weighted by atomic mass is 9.93. The van der Waals surface area contributed by atoms with Crippen molar-refractivity contribution in [3.63, 3.8) is 0 Å². The minimum Gasteiger partial charge on any atom is -0.468 e. The van der Waals surface area contributed by atoms with Gasteiger partial charge < -0.3 is 15.0 Å². The summed E-state index contributed by atoms with van der Waals surface area (Å²) in [5, 5.41) is 3.09. The first-order valence-corrected chi connectivity index (χ1v) is 6.55. The van der Waals surface area contributed by atoms with E-state index in [-0.39, 0.29) is 5.97 Å². The Morgan fingerprint density at radius 2 is 2.29 bits per heavy atom. The average molecular weight is 242 g/mol. The van der Waals surface area contributed by atoms with Crippen LogP contribution in [0.15, 0.2) is 0 Å². The first-order valence-electron chi connectivity index (χ1n) is 6.55. The Labute approximate surface area is 105 Å². The van der Waals surface area contributed by atoms with Gasteiger partial charge >= 0.3 is 5.97 Å². The molecule has 17 heavy (non-hydrogen) atoms. The van der Waals surface area contributed by atoms with Crippen LogP contribution in [-0.2, 0) is 9.53 Å². The van der Waals surface area contributed by atoms with Crippen molar-refractivity contribution in [2.24, 2.45) is 5.92 Å². The second-order valence-electron chi connectivity index (χ2n) is 5.23. The number of hydrogen-bond donors (Lipinski definition) is 1. The molecule has 1 N–H and O–H groups in total. The molecule has 0 radical (unpaired) electrons. The monoisotopic (exact) mass is 242 g/mol. The molecule has 0 bridgehead atoms. The molecule has 0 spiro atoms. The van der Waals surface area contributed by atoms with E-state index in [9.17, 15) is 4.79 Å². The van der Waals surface area contributed by atoms with Crippen LogP contribution in [0.3, 0.4) is 0 Å². The highest BCUT2D eigenvalue weighted by Gasteiger charge is 2.35. The molecule has 4 nitrogen and oxygen atoms in total. The largest absolute Gasteiger partial charge is 0.468 e. The first-order chi connectivity index (χ1) is 8.05. The number of likely N-dealkylation sites (N-methyl/N-ethyl adjacent to an activating group) is 1. The Morgan fingerprint density at radius 3 is 2.82 bits per heavy atom. The van der Waals surface area contributed by atoms with Crippen molar-refractivity contribution in [1.29, 1.82) is 0 Å². The summed E-state index contributed by atoms with van der Waals surface area (Å²) in [4.78, 5) is 14.2. The summed E-state index contributed by atoms with van der Waals surface area (Å²) < 4.78 is 4.87. The topological polar surface area (TPSA) is 41.6 Å². The molecule has 0 amide bonds. The van der Waals surface area contributed by atoms with Gasteiger partial charge in [-0.15, -0.1) is 0 Å². The minimum absolute atomic E-state index is 0.182. The fourth-order valence-electron chi connectivity index (χ4n) is 2.55. The lowest BCUT2D eigenvalue weighted by Gasteiger charge is -2.37. The fraction of sp³-hybridized carbons (Fsp3) is 0.923. The van der Waals surface area contributed by atoms with Crippen LogP contribution in [-0.4, -0.2) is 50.2 Å². The van der Waals surface area contributed by atoms with Crippen molar-refractivity contribution in [3.8, 4) is 0 Å². The predicted molar refractivity (Wildman–Crippen MR) is 68.9 cm³/mol. The normalized spacial score (nSPS) is 25.3. The van der Waals surface area contributed by atoms with Crippen molar-refractivity contribution in [2.45, 2.75) is 38.6 Å². The molecular formula is C13H26N2O2. The van der Waals surface area contributed by atoms with Gasteiger partial charge in [0.1, 0.15) is 5.54 Å². The summed E-state index contributed by atoms with van der Waals surface area (Å²) in [6, 6.07) is 0. The molecule has 0 aromatic heterocycles. The van der Waals surface area contributed by atoms with Crippen LogP contribution in [0, 0.1) is 5.92 Å². The van der Waals surface area contributed by atoms with Crippen molar-refractivity contribution in [2.75, 3.05) is 33.8 Å². The van der Waals surface area contributed by atoms with E-state index in [0.29, 0.717) is 0 Å². The second kappa shape index (κ2) is 6.36. The SMILES string of the molecule is CCC1CCCN(CC(C)(NC)C(=O)OC)C1. The maximum absolute atomic E-state index is 11.8. The molecule has 1 aliphatic rings. The second-order valence-corrected chi connectivity index (χ2v) is 5.23. The Balaban J connectivity index is 2.58. The van der Waals surface area contributed by atoms with Crippen molar-refractivity contribution in [1.82, 2.24) is 10.2 Å². The number of methoxy groups -OCH3 is 1. The Kier molecular flexibility index (Phi) is 5.40. The van der Waals surface area contributed by atoms with Crippen molar-refractivity contribution in [3.05, 3.63) is 0 Å². The number of piperidine rings is 1. The van der Waals surface area contributed by atoms with Gasteiger partial charge in [0.05, 0.1) is 7.11 Å². The molecule has 4 heteroatoms. The van der Waals surface area contributed by atoms with Crippen LogP contribution in [0.2, 0.25) is 0 Å². The van der Waals surface area contributed by atoms with Crippen molar-refractivity contribution < 1.29 is 9.53 Å². The third kappa shape index (κ3) is 3.68. The van der Waals surface area contributed by atoms with Gasteiger partial charge in [0, 0.05) is 13.1 Å². The molecule has 1 aliphatic heterocycles. The molecule has 1 saturated heterocycles. The highest BCUT2D eigenvalue weighted by atomic mass is 16.5. The van der Waals surface area contributed by atoms with Crippen molar-refractivity contribution >= 4 is 5.97 Å². The molecule has 1 fully saturated rings. The maximum atomic E-state index is 11.8. The molecule has 0 saturated carbocycles. The third-order valence-corrected chi connectivity index (χ3v) is 3.91. The summed E-state index contributed by atoms with van der Waals surface area (Å²) >= 11 is 0. The Bertz CT molecular complexity index is 258. The number of rotatable bonds is 5. The zero-order valence-corrected chi connectivity index (χ0v) is 11.6. The standard InChI is InChI=1S/C13H26N2O2/c1-5-11-7-6-8-15(9-11)10-13(2,14-3)12(16)17-4/h11,14H,5-10H2,1-4H3. The number of nitrogens with one attached hydrogen (secondary N) is 1. The number of hydrogen-bond acceptors (Lipinski definition) is 4. The van der Waals surface area contributed by atoms with Gasteiger partial charge in [-0.3, -0.25) is 4.79 Å². The number of carbonyl (C=O) groups is 1. The van der Waals surface area contributed by atoms with Crippen LogP contribution in [0.1, 0.15) is 33.1 Å². The number of ether oxygens (including phenoxy) is 1. The Morgan fingerprint density at radius 1 is 1.59 bits per heavy atom. The molecule has 1 rings (SSSR count). The summed E-state index contributed by atoms with van der Waals surface area (Å²) in [5.74, 6) is 0.598. The van der Waals surface area contributed by atoms with Crippen LogP contribution in [0.4, 0.5) is 0 Å². The fourth-order valence-corrected chi connectivity index (χ4v) is 2.55.